The first kappa shape index (κ1) is 25.9. The van der Waals surface area contributed by atoms with Crippen molar-refractivity contribution in [2.24, 2.45) is 5.10 Å². The first-order valence-corrected chi connectivity index (χ1v) is 12.4. The number of ether oxygens (including phenoxy) is 1. The molecule has 2 fully saturated rings. The van der Waals surface area contributed by atoms with Gasteiger partial charge in [-0.1, -0.05) is 11.6 Å². The molecule has 37 heavy (non-hydrogen) atoms. The number of halogens is 1. The Morgan fingerprint density at radius 1 is 1.19 bits per heavy atom. The van der Waals surface area contributed by atoms with E-state index in [2.05, 4.69) is 10.5 Å². The van der Waals surface area contributed by atoms with E-state index >= 15 is 0 Å². The lowest BCUT2D eigenvalue weighted by Crippen LogP contribution is -2.57. The number of benzene rings is 2. The highest BCUT2D eigenvalue weighted by atomic mass is 35.5. The summed E-state index contributed by atoms with van der Waals surface area (Å²) in [6.07, 6.45) is 0.469. The molecule has 2 saturated heterocycles. The van der Waals surface area contributed by atoms with Gasteiger partial charge in [0.1, 0.15) is 20.9 Å². The summed E-state index contributed by atoms with van der Waals surface area (Å²) in [5, 5.41) is 30.6. The third-order valence-electron chi connectivity index (χ3n) is 6.10. The van der Waals surface area contributed by atoms with E-state index in [1.54, 1.807) is 0 Å². The summed E-state index contributed by atoms with van der Waals surface area (Å²) in [4.78, 5) is 49.1. The molecule has 13 nitrogen and oxygen atoms in total. The fourth-order valence-corrected chi connectivity index (χ4v) is 6.48. The number of nitrogens with zero attached hydrogens (tertiary/aromatic N) is 2. The molecule has 3 atom stereocenters. The minimum absolute atomic E-state index is 0.0109. The van der Waals surface area contributed by atoms with Crippen molar-refractivity contribution in [2.45, 2.75) is 29.5 Å². The normalized spacial score (nSPS) is 23.8. The smallest absolute Gasteiger partial charge is 0.345 e. The number of carboxylic acid groups (broad SMARTS) is 1. The van der Waals surface area contributed by atoms with Crippen LogP contribution in [0.15, 0.2) is 41.5 Å². The second-order valence-corrected chi connectivity index (χ2v) is 11.2. The maximum absolute atomic E-state index is 12.8. The van der Waals surface area contributed by atoms with Crippen LogP contribution in [0.25, 0.3) is 0 Å². The first-order chi connectivity index (χ1) is 17.3. The highest BCUT2D eigenvalue weighted by Gasteiger charge is 2.69. The minimum Gasteiger partial charge on any atom is -0.504 e. The van der Waals surface area contributed by atoms with Crippen LogP contribution in [0.1, 0.15) is 34.1 Å². The fraction of sp³-hybridized carbons (Fsp3) is 0.227. The Kier molecular flexibility index (Phi) is 6.33. The highest BCUT2D eigenvalue weighted by Crippen LogP contribution is 2.45. The summed E-state index contributed by atoms with van der Waals surface area (Å²) < 4.78 is 28.7. The van der Waals surface area contributed by atoms with Crippen molar-refractivity contribution in [3.8, 4) is 17.2 Å². The van der Waals surface area contributed by atoms with Gasteiger partial charge in [-0.15, -0.1) is 0 Å². The van der Waals surface area contributed by atoms with Gasteiger partial charge in [0, 0.05) is 11.8 Å². The number of hydrogen-bond donors (Lipinski definition) is 4. The number of β-lactam (4-membered cyclic amide) rings is 1. The number of hydrazone groups is 1. The number of carboxylic acids is 1. The van der Waals surface area contributed by atoms with Crippen molar-refractivity contribution < 1.29 is 47.7 Å². The largest absolute Gasteiger partial charge is 0.504 e. The molecule has 2 aliphatic rings. The number of rotatable bonds is 6. The van der Waals surface area contributed by atoms with Crippen LogP contribution in [0.4, 0.5) is 0 Å². The van der Waals surface area contributed by atoms with Crippen molar-refractivity contribution in [1.29, 1.82) is 0 Å². The van der Waals surface area contributed by atoms with E-state index in [1.165, 1.54) is 24.3 Å². The zero-order valence-corrected chi connectivity index (χ0v) is 20.4. The topological polar surface area (TPSA) is 200 Å². The van der Waals surface area contributed by atoms with Crippen LogP contribution in [-0.4, -0.2) is 74.8 Å². The molecule has 194 valence electrons. The van der Waals surface area contributed by atoms with Crippen LogP contribution >= 0.6 is 11.6 Å². The Hall–Kier alpha value is -4.17. The third-order valence-corrected chi connectivity index (χ3v) is 9.15. The van der Waals surface area contributed by atoms with Crippen LogP contribution in [0.3, 0.4) is 0 Å². The van der Waals surface area contributed by atoms with Gasteiger partial charge in [-0.2, -0.15) is 5.10 Å². The Balaban J connectivity index is 1.44. The quantitative estimate of drug-likeness (QED) is 0.0997. The number of aromatic hydroxyl groups is 2. The van der Waals surface area contributed by atoms with Crippen LogP contribution < -0.4 is 10.2 Å². The molecule has 2 aromatic rings. The van der Waals surface area contributed by atoms with Crippen LogP contribution in [0.2, 0.25) is 5.02 Å². The number of phenols is 2. The molecule has 0 radical (unpaired) electrons. The van der Waals surface area contributed by atoms with E-state index in [4.69, 9.17) is 16.3 Å². The molecule has 4 N–H and O–H groups in total. The maximum Gasteiger partial charge on any atom is 0.345 e. The predicted molar refractivity (Wildman–Crippen MR) is 126 cm³/mol. The van der Waals surface area contributed by atoms with Gasteiger partial charge in [0.15, 0.2) is 27.4 Å². The average molecular weight is 552 g/mol. The molecule has 0 spiro atoms. The van der Waals surface area contributed by atoms with Crippen LogP contribution in [0, 0.1) is 0 Å². The van der Waals surface area contributed by atoms with Crippen molar-refractivity contribution in [3.63, 3.8) is 0 Å². The zero-order chi connectivity index (χ0) is 27.3. The highest BCUT2D eigenvalue weighted by molar-refractivity contribution is 7.94. The number of aliphatic carboxylic acids is 1. The number of carbonyl (C=O) groups excluding carboxylic acids is 3. The molecule has 2 amide bonds. The summed E-state index contributed by atoms with van der Waals surface area (Å²) in [6, 6.07) is 5.58. The molecule has 0 aromatic heterocycles. The Labute approximate surface area is 213 Å². The van der Waals surface area contributed by atoms with Gasteiger partial charge in [0.2, 0.25) is 5.91 Å². The van der Waals surface area contributed by atoms with Crippen molar-refractivity contribution in [3.05, 3.63) is 52.5 Å². The molecule has 2 heterocycles. The van der Waals surface area contributed by atoms with Crippen LogP contribution in [0.5, 0.6) is 17.2 Å². The number of sulfone groups is 1. The van der Waals surface area contributed by atoms with Gasteiger partial charge in [0.25, 0.3) is 5.91 Å². The molecular weight excluding hydrogens is 534 g/mol. The van der Waals surface area contributed by atoms with E-state index in [-0.39, 0.29) is 23.3 Å². The lowest BCUT2D eigenvalue weighted by atomic mass is 9.97. The molecular formula is C22H18ClN3O10S. The van der Waals surface area contributed by atoms with E-state index in [1.807, 2.05) is 0 Å². The van der Waals surface area contributed by atoms with Gasteiger partial charge >= 0.3 is 11.9 Å². The van der Waals surface area contributed by atoms with Gasteiger partial charge in [0.05, 0.1) is 12.0 Å². The van der Waals surface area contributed by atoms with Crippen molar-refractivity contribution in [2.75, 3.05) is 0 Å². The number of fused-ring (bicyclic) bond motifs is 1. The standard InChI is InChI=1S/C22H18ClN3O10S/c1-22(18(20(31)32)26-14(28)8-15(26)37(22,34)35)9-24-25-19(30)10-2-4-11(5-3-10)36-21(33)12-6-7-13(27)17(29)16(12)23/h2-7,9,15,18,27,29H,8H2,1H3,(H,25,30)(H,31,32)/b24-9+/t15-,18+,22+/m1/s1. The van der Waals surface area contributed by atoms with Gasteiger partial charge < -0.3 is 25.0 Å². The second-order valence-electron chi connectivity index (χ2n) is 8.34. The van der Waals surface area contributed by atoms with Gasteiger partial charge in [-0.3, -0.25) is 9.59 Å². The van der Waals surface area contributed by atoms with Gasteiger partial charge in [-0.25, -0.2) is 23.4 Å². The first-order valence-electron chi connectivity index (χ1n) is 10.4. The SMILES string of the molecule is C[C@]1(/C=N/NC(=O)c2ccc(OC(=O)c3ccc(O)c(O)c3Cl)cc2)[C@H](C(=O)O)N2C(=O)C[C@H]2S1(=O)=O. The number of carbonyl (C=O) groups is 4. The minimum atomic E-state index is -4.13. The molecule has 0 saturated carbocycles. The van der Waals surface area contributed by atoms with E-state index in [0.29, 0.717) is 0 Å². The zero-order valence-electron chi connectivity index (χ0n) is 18.8. The molecule has 2 aliphatic heterocycles. The maximum atomic E-state index is 12.8. The number of amides is 2. The van der Waals surface area contributed by atoms with E-state index < -0.39 is 66.3 Å². The molecule has 2 aromatic carbocycles. The summed E-state index contributed by atoms with van der Waals surface area (Å²) in [5.74, 6) is -5.04. The molecule has 4 rings (SSSR count). The third kappa shape index (κ3) is 4.13. The predicted octanol–water partition coefficient (Wildman–Crippen LogP) is 0.885. The van der Waals surface area contributed by atoms with Crippen LogP contribution in [-0.2, 0) is 19.4 Å². The summed E-state index contributed by atoms with van der Waals surface area (Å²) >= 11 is 5.84. The van der Waals surface area contributed by atoms with Crippen molar-refractivity contribution in [1.82, 2.24) is 10.3 Å². The molecule has 0 aliphatic carbocycles. The summed E-state index contributed by atoms with van der Waals surface area (Å²) in [6.45, 7) is 1.12. The molecule has 15 heteroatoms. The summed E-state index contributed by atoms with van der Waals surface area (Å²) in [5.41, 5.74) is 1.93. The van der Waals surface area contributed by atoms with Gasteiger partial charge in [-0.05, 0) is 43.3 Å². The lowest BCUT2D eigenvalue weighted by molar-refractivity contribution is -0.156. The Bertz CT molecular complexity index is 1470. The number of nitrogens with one attached hydrogen (secondary N) is 1. The Morgan fingerprint density at radius 3 is 2.43 bits per heavy atom. The number of hydrogen-bond acceptors (Lipinski definition) is 10. The van der Waals surface area contributed by atoms with E-state index in [0.717, 1.165) is 30.2 Å². The number of esters is 1. The second kappa shape index (κ2) is 9.05. The number of phenolic OH excluding ortho intramolecular Hbond substituents is 2. The lowest BCUT2D eigenvalue weighted by Gasteiger charge is -2.35. The Morgan fingerprint density at radius 2 is 1.84 bits per heavy atom. The molecule has 0 bridgehead atoms. The molecule has 0 unspecified atom stereocenters. The average Bonchev–Trinajstić information content (AvgIpc) is 2.97. The summed E-state index contributed by atoms with van der Waals surface area (Å²) in [7, 11) is -4.13. The van der Waals surface area contributed by atoms with Crippen molar-refractivity contribution >= 4 is 51.4 Å². The fourth-order valence-electron chi connectivity index (χ4n) is 4.04. The monoisotopic (exact) mass is 551 g/mol. The van der Waals surface area contributed by atoms with E-state index in [9.17, 15) is 42.9 Å².